The number of aryl methyl sites for hydroxylation is 2. The van der Waals surface area contributed by atoms with Crippen molar-refractivity contribution in [3.63, 3.8) is 0 Å². The number of pyridine rings is 1. The molecule has 1 aromatic carbocycles. The van der Waals surface area contributed by atoms with Crippen LogP contribution in [0.3, 0.4) is 0 Å². The molecule has 0 unspecified atom stereocenters. The van der Waals surface area contributed by atoms with Crippen molar-refractivity contribution in [2.45, 2.75) is 46.6 Å². The molecule has 2 aromatic rings. The van der Waals surface area contributed by atoms with Crippen LogP contribution in [0.25, 0.3) is 11.1 Å². The monoisotopic (exact) mass is 325 g/mol. The Morgan fingerprint density at radius 3 is 2.50 bits per heavy atom. The van der Waals surface area contributed by atoms with Crippen molar-refractivity contribution in [3.05, 3.63) is 53.3 Å². The van der Waals surface area contributed by atoms with Crippen LogP contribution >= 0.6 is 0 Å². The maximum atomic E-state index is 12.4. The van der Waals surface area contributed by atoms with E-state index in [1.165, 1.54) is 0 Å². The molecule has 4 heteroatoms. The molecule has 0 N–H and O–H groups in total. The SMILES string of the molecule is Cc1cc(-c2cccc(C(=O)CC(=O)OC(C)(C)C)c2)c(C)cn1. The molecule has 1 aromatic heterocycles. The Morgan fingerprint density at radius 1 is 1.12 bits per heavy atom. The van der Waals surface area contributed by atoms with Crippen molar-refractivity contribution >= 4 is 11.8 Å². The van der Waals surface area contributed by atoms with Crippen LogP contribution < -0.4 is 0 Å². The summed E-state index contributed by atoms with van der Waals surface area (Å²) in [6, 6.07) is 9.31. The lowest BCUT2D eigenvalue weighted by atomic mass is 9.98. The van der Waals surface area contributed by atoms with Gasteiger partial charge in [0.2, 0.25) is 0 Å². The molecule has 1 heterocycles. The molecule has 0 aliphatic carbocycles. The summed E-state index contributed by atoms with van der Waals surface area (Å²) in [5.41, 5.74) is 3.85. The summed E-state index contributed by atoms with van der Waals surface area (Å²) in [5.74, 6) is -0.747. The van der Waals surface area contributed by atoms with Gasteiger partial charge in [-0.15, -0.1) is 0 Å². The lowest BCUT2D eigenvalue weighted by Gasteiger charge is -2.19. The number of esters is 1. The molecular weight excluding hydrogens is 302 g/mol. The van der Waals surface area contributed by atoms with E-state index in [4.69, 9.17) is 4.74 Å². The van der Waals surface area contributed by atoms with E-state index in [1.54, 1.807) is 26.8 Å². The van der Waals surface area contributed by atoms with Crippen LogP contribution in [0.5, 0.6) is 0 Å². The summed E-state index contributed by atoms with van der Waals surface area (Å²) in [6.07, 6.45) is 1.56. The summed E-state index contributed by atoms with van der Waals surface area (Å²) < 4.78 is 5.21. The molecule has 0 saturated carbocycles. The highest BCUT2D eigenvalue weighted by Gasteiger charge is 2.20. The summed E-state index contributed by atoms with van der Waals surface area (Å²) in [7, 11) is 0. The van der Waals surface area contributed by atoms with E-state index < -0.39 is 11.6 Å². The predicted octanol–water partition coefficient (Wildman–Crippen LogP) is 4.28. The first kappa shape index (κ1) is 17.9. The van der Waals surface area contributed by atoms with E-state index in [2.05, 4.69) is 4.98 Å². The van der Waals surface area contributed by atoms with Crippen molar-refractivity contribution in [3.8, 4) is 11.1 Å². The quantitative estimate of drug-likeness (QED) is 0.478. The highest BCUT2D eigenvalue weighted by atomic mass is 16.6. The van der Waals surface area contributed by atoms with Gasteiger partial charge in [-0.25, -0.2) is 0 Å². The van der Waals surface area contributed by atoms with Gasteiger partial charge in [-0.2, -0.15) is 0 Å². The van der Waals surface area contributed by atoms with Gasteiger partial charge >= 0.3 is 5.97 Å². The number of carbonyl (C=O) groups is 2. The molecule has 24 heavy (non-hydrogen) atoms. The van der Waals surface area contributed by atoms with Gasteiger partial charge in [-0.1, -0.05) is 18.2 Å². The smallest absolute Gasteiger partial charge is 0.314 e. The van der Waals surface area contributed by atoms with Crippen molar-refractivity contribution in [1.29, 1.82) is 0 Å². The van der Waals surface area contributed by atoms with E-state index in [1.807, 2.05) is 44.3 Å². The van der Waals surface area contributed by atoms with Crippen LogP contribution in [-0.4, -0.2) is 22.3 Å². The minimum absolute atomic E-state index is 0.241. The molecule has 4 nitrogen and oxygen atoms in total. The predicted molar refractivity (Wildman–Crippen MR) is 93.9 cm³/mol. The summed E-state index contributed by atoms with van der Waals surface area (Å²) in [6.45, 7) is 9.26. The van der Waals surface area contributed by atoms with E-state index in [0.717, 1.165) is 22.4 Å². The Balaban J connectivity index is 2.23. The molecule has 0 radical (unpaired) electrons. The molecule has 0 aliphatic heterocycles. The Labute approximate surface area is 142 Å². The number of carbonyl (C=O) groups excluding carboxylic acids is 2. The van der Waals surface area contributed by atoms with E-state index in [9.17, 15) is 9.59 Å². The third-order valence-corrected chi connectivity index (χ3v) is 3.46. The molecule has 0 amide bonds. The fourth-order valence-electron chi connectivity index (χ4n) is 2.41. The fraction of sp³-hybridized carbons (Fsp3) is 0.350. The van der Waals surface area contributed by atoms with E-state index in [-0.39, 0.29) is 12.2 Å². The standard InChI is InChI=1S/C20H23NO3/c1-13-12-21-14(2)9-17(13)15-7-6-8-16(10-15)18(22)11-19(23)24-20(3,4)5/h6-10,12H,11H2,1-5H3. The van der Waals surface area contributed by atoms with Crippen molar-refractivity contribution in [2.75, 3.05) is 0 Å². The Bertz CT molecular complexity index is 773. The molecule has 0 saturated heterocycles. The van der Waals surface area contributed by atoms with Crippen LogP contribution in [0.1, 0.15) is 48.8 Å². The lowest BCUT2D eigenvalue weighted by molar-refractivity contribution is -0.153. The molecule has 2 rings (SSSR count). The first-order valence-electron chi connectivity index (χ1n) is 7.94. The second-order valence-corrected chi connectivity index (χ2v) is 6.91. The number of ether oxygens (including phenoxy) is 1. The maximum absolute atomic E-state index is 12.4. The van der Waals surface area contributed by atoms with Crippen LogP contribution in [0.15, 0.2) is 36.5 Å². The normalized spacial score (nSPS) is 11.2. The average Bonchev–Trinajstić information content (AvgIpc) is 2.48. The second-order valence-electron chi connectivity index (χ2n) is 6.91. The first-order chi connectivity index (χ1) is 11.2. The number of ketones is 1. The van der Waals surface area contributed by atoms with E-state index >= 15 is 0 Å². The Kier molecular flexibility index (Phi) is 5.17. The first-order valence-corrected chi connectivity index (χ1v) is 7.94. The second kappa shape index (κ2) is 6.95. The molecule has 126 valence electrons. The molecule has 0 bridgehead atoms. The number of Topliss-reactive ketones (excluding diaryl/α,β-unsaturated/α-hetero) is 1. The van der Waals surface area contributed by atoms with Crippen molar-refractivity contribution in [1.82, 2.24) is 4.98 Å². The minimum Gasteiger partial charge on any atom is -0.460 e. The molecule has 0 aliphatic rings. The van der Waals surface area contributed by atoms with Gasteiger partial charge in [0.1, 0.15) is 12.0 Å². The number of nitrogens with zero attached hydrogens (tertiary/aromatic N) is 1. The number of aromatic nitrogens is 1. The molecule has 0 atom stereocenters. The Hall–Kier alpha value is -2.49. The van der Waals surface area contributed by atoms with Gasteiger partial charge in [0.25, 0.3) is 0 Å². The number of hydrogen-bond acceptors (Lipinski definition) is 4. The summed E-state index contributed by atoms with van der Waals surface area (Å²) in [5, 5.41) is 0. The number of rotatable bonds is 4. The number of hydrogen-bond donors (Lipinski definition) is 0. The van der Waals surface area contributed by atoms with Crippen LogP contribution in [0.4, 0.5) is 0 Å². The molecule has 0 spiro atoms. The summed E-state index contributed by atoms with van der Waals surface area (Å²) in [4.78, 5) is 28.5. The largest absolute Gasteiger partial charge is 0.460 e. The van der Waals surface area contributed by atoms with Gasteiger partial charge in [0.15, 0.2) is 5.78 Å². The van der Waals surface area contributed by atoms with E-state index in [0.29, 0.717) is 5.56 Å². The third kappa shape index (κ3) is 4.75. The minimum atomic E-state index is -0.592. The topological polar surface area (TPSA) is 56.3 Å². The zero-order chi connectivity index (χ0) is 17.9. The van der Waals surface area contributed by atoms with Gasteiger partial charge in [-0.3, -0.25) is 14.6 Å². The van der Waals surface area contributed by atoms with Crippen molar-refractivity contribution < 1.29 is 14.3 Å². The van der Waals surface area contributed by atoms with Crippen molar-refractivity contribution in [2.24, 2.45) is 0 Å². The van der Waals surface area contributed by atoms with Gasteiger partial charge in [0.05, 0.1) is 0 Å². The lowest BCUT2D eigenvalue weighted by Crippen LogP contribution is -2.25. The van der Waals surface area contributed by atoms with Gasteiger partial charge < -0.3 is 4.74 Å². The highest BCUT2D eigenvalue weighted by molar-refractivity contribution is 6.06. The summed E-state index contributed by atoms with van der Waals surface area (Å²) >= 11 is 0. The van der Waals surface area contributed by atoms with Crippen LogP contribution in [0.2, 0.25) is 0 Å². The zero-order valence-corrected chi connectivity index (χ0v) is 14.8. The van der Waals surface area contributed by atoms with Gasteiger partial charge in [0, 0.05) is 17.5 Å². The van der Waals surface area contributed by atoms with Crippen LogP contribution in [-0.2, 0) is 9.53 Å². The van der Waals surface area contributed by atoms with Crippen LogP contribution in [0, 0.1) is 13.8 Å². The van der Waals surface area contributed by atoms with Gasteiger partial charge in [-0.05, 0) is 63.4 Å². The third-order valence-electron chi connectivity index (χ3n) is 3.46. The molecular formula is C20H23NO3. The zero-order valence-electron chi connectivity index (χ0n) is 14.8. The fourth-order valence-corrected chi connectivity index (χ4v) is 2.41. The maximum Gasteiger partial charge on any atom is 0.314 e. The highest BCUT2D eigenvalue weighted by Crippen LogP contribution is 2.25. The molecule has 0 fully saturated rings. The number of benzene rings is 1. The Morgan fingerprint density at radius 2 is 1.83 bits per heavy atom. The average molecular weight is 325 g/mol.